The minimum atomic E-state index is -0.105. The fourth-order valence-electron chi connectivity index (χ4n) is 9.48. The molecule has 0 N–H and O–H groups in total. The molecule has 0 saturated carbocycles. The lowest BCUT2D eigenvalue weighted by Gasteiger charge is -2.28. The van der Waals surface area contributed by atoms with Gasteiger partial charge >= 0.3 is 0 Å². The van der Waals surface area contributed by atoms with Crippen LogP contribution in [0.2, 0.25) is 0 Å². The Morgan fingerprint density at radius 1 is 0.456 bits per heavy atom. The van der Waals surface area contributed by atoms with E-state index >= 15 is 0 Å². The molecule has 0 aromatic heterocycles. The summed E-state index contributed by atoms with van der Waals surface area (Å²) in [4.78, 5) is 2.40. The second-order valence-corrected chi connectivity index (χ2v) is 16.0. The average molecular weight is 732 g/mol. The first kappa shape index (κ1) is 33.4. The molecule has 2 atom stereocenters. The van der Waals surface area contributed by atoms with Gasteiger partial charge in [-0.25, -0.2) is 0 Å². The fourth-order valence-corrected chi connectivity index (χ4v) is 9.48. The summed E-state index contributed by atoms with van der Waals surface area (Å²) in [5.41, 5.74) is 16.9. The van der Waals surface area contributed by atoms with Crippen LogP contribution in [0.1, 0.15) is 36.5 Å². The zero-order valence-corrected chi connectivity index (χ0v) is 32.1. The van der Waals surface area contributed by atoms with Gasteiger partial charge in [0.05, 0.1) is 0 Å². The van der Waals surface area contributed by atoms with Crippen LogP contribution in [0.4, 0.5) is 17.1 Å². The summed E-state index contributed by atoms with van der Waals surface area (Å²) >= 11 is 0. The summed E-state index contributed by atoms with van der Waals surface area (Å²) in [7, 11) is 0. The summed E-state index contributed by atoms with van der Waals surface area (Å²) in [6, 6.07) is 64.5. The molecule has 0 radical (unpaired) electrons. The number of hydrogen-bond donors (Lipinski definition) is 0. The smallest absolute Gasteiger partial charge is 0.132 e. The van der Waals surface area contributed by atoms with Gasteiger partial charge in [-0.3, -0.25) is 0 Å². The van der Waals surface area contributed by atoms with Crippen LogP contribution < -0.4 is 9.64 Å². The van der Waals surface area contributed by atoms with Crippen molar-refractivity contribution in [3.05, 3.63) is 217 Å². The van der Waals surface area contributed by atoms with Gasteiger partial charge in [-0.15, -0.1) is 0 Å². The van der Waals surface area contributed by atoms with Gasteiger partial charge in [-0.05, 0) is 109 Å². The summed E-state index contributed by atoms with van der Waals surface area (Å²) in [5, 5.41) is 2.45. The van der Waals surface area contributed by atoms with Gasteiger partial charge in [0.1, 0.15) is 11.9 Å². The number of rotatable bonds is 6. The van der Waals surface area contributed by atoms with Gasteiger partial charge < -0.3 is 9.64 Å². The molecule has 11 rings (SSSR count). The molecule has 272 valence electrons. The molecule has 0 bridgehead atoms. The normalized spacial score (nSPS) is 16.7. The number of allylic oxidation sites excluding steroid dienone is 2. The molecule has 2 heteroatoms. The first-order valence-corrected chi connectivity index (χ1v) is 20.0. The minimum Gasteiger partial charge on any atom is -0.484 e. The molecule has 0 saturated heterocycles. The number of anilines is 3. The van der Waals surface area contributed by atoms with Crippen LogP contribution in [0, 0.1) is 0 Å². The van der Waals surface area contributed by atoms with E-state index in [1.165, 1.54) is 49.7 Å². The highest BCUT2D eigenvalue weighted by atomic mass is 16.5. The molecule has 1 heterocycles. The molecular formula is C55H41NO. The number of hydrogen-bond acceptors (Lipinski definition) is 2. The predicted octanol–water partition coefficient (Wildman–Crippen LogP) is 14.6. The molecule has 8 aromatic carbocycles. The second-order valence-electron chi connectivity index (χ2n) is 16.0. The van der Waals surface area contributed by atoms with Crippen LogP contribution >= 0.6 is 0 Å². The highest BCUT2D eigenvalue weighted by Gasteiger charge is 2.37. The van der Waals surface area contributed by atoms with Gasteiger partial charge in [0.15, 0.2) is 0 Å². The highest BCUT2D eigenvalue weighted by Crippen LogP contribution is 2.52. The van der Waals surface area contributed by atoms with Gasteiger partial charge in [-0.1, -0.05) is 166 Å². The monoisotopic (exact) mass is 731 g/mol. The molecule has 2 aliphatic carbocycles. The first-order chi connectivity index (χ1) is 28.0. The van der Waals surface area contributed by atoms with Crippen molar-refractivity contribution in [2.45, 2.75) is 31.3 Å². The SMILES string of the molecule is CC1(C)c2ccccc2-c2ccc(N(c3ccc(-c4ccccc4)cc3)c3ccc(-c4ccc5c(c4-c4ccc6ccccc6c4)OC4C=CC=CC54)cc3)cc21. The molecule has 0 fully saturated rings. The maximum absolute atomic E-state index is 6.82. The van der Waals surface area contributed by atoms with E-state index in [1.54, 1.807) is 0 Å². The third-order valence-electron chi connectivity index (χ3n) is 12.4. The van der Waals surface area contributed by atoms with Gasteiger partial charge in [0.25, 0.3) is 0 Å². The van der Waals surface area contributed by atoms with E-state index in [1.807, 2.05) is 0 Å². The van der Waals surface area contributed by atoms with Gasteiger partial charge in [-0.2, -0.15) is 0 Å². The summed E-state index contributed by atoms with van der Waals surface area (Å²) < 4.78 is 6.82. The Labute approximate surface area is 334 Å². The first-order valence-electron chi connectivity index (χ1n) is 20.0. The van der Waals surface area contributed by atoms with E-state index in [4.69, 9.17) is 4.74 Å². The Hall–Kier alpha value is -6.90. The third-order valence-corrected chi connectivity index (χ3v) is 12.4. The van der Waals surface area contributed by atoms with E-state index in [0.29, 0.717) is 0 Å². The van der Waals surface area contributed by atoms with Crippen molar-refractivity contribution in [2.75, 3.05) is 4.90 Å². The molecule has 0 amide bonds. The van der Waals surface area contributed by atoms with Crippen molar-refractivity contribution in [1.82, 2.24) is 0 Å². The van der Waals surface area contributed by atoms with Crippen molar-refractivity contribution < 1.29 is 4.74 Å². The van der Waals surface area contributed by atoms with Crippen LogP contribution in [0.15, 0.2) is 200 Å². The Balaban J connectivity index is 1.04. The van der Waals surface area contributed by atoms with E-state index in [2.05, 4.69) is 219 Å². The van der Waals surface area contributed by atoms with Crippen LogP contribution in [-0.4, -0.2) is 6.10 Å². The number of benzene rings is 8. The molecule has 0 spiro atoms. The van der Waals surface area contributed by atoms with Crippen LogP contribution in [-0.2, 0) is 5.41 Å². The summed E-state index contributed by atoms with van der Waals surface area (Å²) in [6.45, 7) is 4.70. The maximum Gasteiger partial charge on any atom is 0.132 e. The average Bonchev–Trinajstić information content (AvgIpc) is 3.76. The zero-order chi connectivity index (χ0) is 38.1. The number of nitrogens with zero attached hydrogens (tertiary/aromatic N) is 1. The Kier molecular flexibility index (Phi) is 7.69. The van der Waals surface area contributed by atoms with Crippen molar-refractivity contribution in [3.8, 4) is 50.3 Å². The lowest BCUT2D eigenvalue weighted by atomic mass is 9.82. The predicted molar refractivity (Wildman–Crippen MR) is 238 cm³/mol. The van der Waals surface area contributed by atoms with Crippen LogP contribution in [0.3, 0.4) is 0 Å². The zero-order valence-electron chi connectivity index (χ0n) is 32.1. The van der Waals surface area contributed by atoms with Crippen LogP contribution in [0.5, 0.6) is 5.75 Å². The van der Waals surface area contributed by atoms with Gasteiger partial charge in [0, 0.05) is 39.5 Å². The van der Waals surface area contributed by atoms with Crippen molar-refractivity contribution >= 4 is 27.8 Å². The Morgan fingerprint density at radius 3 is 1.88 bits per heavy atom. The van der Waals surface area contributed by atoms with Crippen molar-refractivity contribution in [3.63, 3.8) is 0 Å². The number of ether oxygens (including phenoxy) is 1. The second kappa shape index (κ2) is 13.1. The quantitative estimate of drug-likeness (QED) is 0.169. The molecule has 3 aliphatic rings. The van der Waals surface area contributed by atoms with E-state index < -0.39 is 0 Å². The van der Waals surface area contributed by atoms with Crippen LogP contribution in [0.25, 0.3) is 55.3 Å². The largest absolute Gasteiger partial charge is 0.484 e. The molecule has 2 unspecified atom stereocenters. The fraction of sp³-hybridized carbons (Fsp3) is 0.0909. The summed E-state index contributed by atoms with van der Waals surface area (Å²) in [6.07, 6.45) is 8.71. The highest BCUT2D eigenvalue weighted by molar-refractivity contribution is 5.95. The molecule has 2 nitrogen and oxygen atoms in total. The standard InChI is InChI=1S/C55H41NO/c1-55(2)50-18-10-8-16-46(50)47-31-30-44(35-51(47)55)56(42-26-22-38(23-27-42)36-12-4-3-5-13-36)43-28-24-39(25-29-43)45-32-33-49-48-17-9-11-19-52(48)57-54(49)53(45)41-21-20-37-14-6-7-15-40(37)34-41/h3-35,48,52H,1-2H3. The van der Waals surface area contributed by atoms with E-state index in [-0.39, 0.29) is 17.4 Å². The molecular weight excluding hydrogens is 691 g/mol. The topological polar surface area (TPSA) is 12.5 Å². The molecule has 8 aromatic rings. The number of fused-ring (bicyclic) bond motifs is 7. The third kappa shape index (κ3) is 5.47. The van der Waals surface area contributed by atoms with Crippen molar-refractivity contribution in [1.29, 1.82) is 0 Å². The summed E-state index contributed by atoms with van der Waals surface area (Å²) in [5.74, 6) is 1.20. The molecule has 1 aliphatic heterocycles. The Bertz CT molecular complexity index is 2900. The van der Waals surface area contributed by atoms with E-state index in [9.17, 15) is 0 Å². The minimum absolute atomic E-state index is 0.00811. The molecule has 57 heavy (non-hydrogen) atoms. The van der Waals surface area contributed by atoms with E-state index in [0.717, 1.165) is 45.1 Å². The van der Waals surface area contributed by atoms with Crippen molar-refractivity contribution in [2.24, 2.45) is 0 Å². The van der Waals surface area contributed by atoms with Gasteiger partial charge in [0.2, 0.25) is 0 Å². The lowest BCUT2D eigenvalue weighted by molar-refractivity contribution is 0.270. The lowest BCUT2D eigenvalue weighted by Crippen LogP contribution is -2.16. The Morgan fingerprint density at radius 2 is 1.07 bits per heavy atom. The maximum atomic E-state index is 6.82.